The molecule has 2 aromatic rings. The molecule has 4 heteroatoms. The lowest BCUT2D eigenvalue weighted by Crippen LogP contribution is -2.11. The summed E-state index contributed by atoms with van der Waals surface area (Å²) in [5.41, 5.74) is 4.23. The van der Waals surface area contributed by atoms with Crippen LogP contribution in [0.1, 0.15) is 16.0 Å². The van der Waals surface area contributed by atoms with Crippen LogP contribution in [0.5, 0.6) is 0 Å². The average molecular weight is 253 g/mol. The van der Waals surface area contributed by atoms with E-state index in [1.165, 1.54) is 10.4 Å². The smallest absolute Gasteiger partial charge is 0.0794 e. The summed E-state index contributed by atoms with van der Waals surface area (Å²) in [6.07, 6.45) is 1.89. The Bertz CT molecular complexity index is 454. The summed E-state index contributed by atoms with van der Waals surface area (Å²) in [6.45, 7) is 3.75. The van der Waals surface area contributed by atoms with Crippen LogP contribution in [-0.4, -0.2) is 4.98 Å². The van der Waals surface area contributed by atoms with Gasteiger partial charge in [-0.15, -0.1) is 11.3 Å². The molecule has 2 rings (SSSR count). The molecular weight excluding hydrogens is 240 g/mol. The summed E-state index contributed by atoms with van der Waals surface area (Å²) in [4.78, 5) is 5.29. The quantitative estimate of drug-likeness (QED) is 0.902. The first-order valence-electron chi connectivity index (χ1n) is 5.09. The summed E-state index contributed by atoms with van der Waals surface area (Å²) in [6, 6.07) is 6.11. The summed E-state index contributed by atoms with van der Waals surface area (Å²) >= 11 is 7.64. The predicted octanol–water partition coefficient (Wildman–Crippen LogP) is 3.39. The highest BCUT2D eigenvalue weighted by Crippen LogP contribution is 2.16. The number of rotatable bonds is 4. The van der Waals surface area contributed by atoms with Gasteiger partial charge in [-0.3, -0.25) is 4.98 Å². The molecule has 0 amide bonds. The van der Waals surface area contributed by atoms with Gasteiger partial charge in [-0.05, 0) is 24.1 Å². The molecule has 0 bridgehead atoms. The minimum Gasteiger partial charge on any atom is -0.308 e. The zero-order valence-corrected chi connectivity index (χ0v) is 10.6. The first-order valence-corrected chi connectivity index (χ1v) is 6.34. The van der Waals surface area contributed by atoms with E-state index >= 15 is 0 Å². The van der Waals surface area contributed by atoms with Crippen LogP contribution >= 0.6 is 22.9 Å². The van der Waals surface area contributed by atoms with E-state index in [2.05, 4.69) is 22.4 Å². The molecule has 84 valence electrons. The SMILES string of the molecule is Cc1cc(CNCc2cncs2)ccc1Cl. The summed E-state index contributed by atoms with van der Waals surface area (Å²) in [5.74, 6) is 0. The second kappa shape index (κ2) is 5.43. The van der Waals surface area contributed by atoms with E-state index in [0.717, 1.165) is 23.7 Å². The van der Waals surface area contributed by atoms with Gasteiger partial charge in [0.25, 0.3) is 0 Å². The molecule has 1 aromatic heterocycles. The Balaban J connectivity index is 1.87. The molecule has 0 unspecified atom stereocenters. The molecule has 1 N–H and O–H groups in total. The normalized spacial score (nSPS) is 10.6. The molecule has 0 fully saturated rings. The van der Waals surface area contributed by atoms with Crippen molar-refractivity contribution in [2.45, 2.75) is 20.0 Å². The largest absolute Gasteiger partial charge is 0.308 e. The van der Waals surface area contributed by atoms with Crippen LogP contribution in [0.15, 0.2) is 29.9 Å². The Kier molecular flexibility index (Phi) is 3.93. The average Bonchev–Trinajstić information content (AvgIpc) is 2.76. The third-order valence-corrected chi connectivity index (χ3v) is 3.54. The minimum absolute atomic E-state index is 0.825. The topological polar surface area (TPSA) is 24.9 Å². The first kappa shape index (κ1) is 11.6. The number of hydrogen-bond acceptors (Lipinski definition) is 3. The maximum Gasteiger partial charge on any atom is 0.0794 e. The third kappa shape index (κ3) is 3.04. The number of aromatic nitrogens is 1. The lowest BCUT2D eigenvalue weighted by molar-refractivity contribution is 0.699. The van der Waals surface area contributed by atoms with E-state index in [0.29, 0.717) is 0 Å². The van der Waals surface area contributed by atoms with Crippen molar-refractivity contribution in [2.75, 3.05) is 0 Å². The molecule has 0 saturated carbocycles. The van der Waals surface area contributed by atoms with Crippen molar-refractivity contribution >= 4 is 22.9 Å². The summed E-state index contributed by atoms with van der Waals surface area (Å²) in [5, 5.41) is 4.20. The van der Waals surface area contributed by atoms with E-state index in [1.807, 2.05) is 24.7 Å². The number of thiazole rings is 1. The van der Waals surface area contributed by atoms with Crippen LogP contribution in [0.2, 0.25) is 5.02 Å². The third-order valence-electron chi connectivity index (χ3n) is 2.33. The summed E-state index contributed by atoms with van der Waals surface area (Å²) in [7, 11) is 0. The van der Waals surface area contributed by atoms with Crippen LogP contribution in [0, 0.1) is 6.92 Å². The summed E-state index contributed by atoms with van der Waals surface area (Å²) < 4.78 is 0. The standard InChI is InChI=1S/C12H13ClN2S/c1-9-4-10(2-3-12(9)13)5-14-6-11-7-15-8-16-11/h2-4,7-8,14H,5-6H2,1H3. The second-order valence-electron chi connectivity index (χ2n) is 3.65. The van der Waals surface area contributed by atoms with Gasteiger partial charge in [-0.2, -0.15) is 0 Å². The highest BCUT2D eigenvalue weighted by Gasteiger charge is 1.98. The van der Waals surface area contributed by atoms with Gasteiger partial charge in [-0.25, -0.2) is 0 Å². The zero-order valence-electron chi connectivity index (χ0n) is 9.03. The molecule has 16 heavy (non-hydrogen) atoms. The van der Waals surface area contributed by atoms with Crippen LogP contribution < -0.4 is 5.32 Å². The maximum atomic E-state index is 5.97. The van der Waals surface area contributed by atoms with Gasteiger partial charge in [0.15, 0.2) is 0 Å². The van der Waals surface area contributed by atoms with Crippen molar-refractivity contribution in [1.29, 1.82) is 0 Å². The Morgan fingerprint density at radius 1 is 1.38 bits per heavy atom. The van der Waals surface area contributed by atoms with Crippen molar-refractivity contribution in [3.63, 3.8) is 0 Å². The number of hydrogen-bond donors (Lipinski definition) is 1. The van der Waals surface area contributed by atoms with Gasteiger partial charge in [0.1, 0.15) is 0 Å². The van der Waals surface area contributed by atoms with Crippen LogP contribution in [0.4, 0.5) is 0 Å². The van der Waals surface area contributed by atoms with E-state index in [-0.39, 0.29) is 0 Å². The molecule has 0 spiro atoms. The molecule has 0 atom stereocenters. The molecule has 1 heterocycles. The Hall–Kier alpha value is -0.900. The van der Waals surface area contributed by atoms with E-state index < -0.39 is 0 Å². The molecule has 0 saturated heterocycles. The van der Waals surface area contributed by atoms with Gasteiger partial charge < -0.3 is 5.32 Å². The fraction of sp³-hybridized carbons (Fsp3) is 0.250. The van der Waals surface area contributed by atoms with Crippen LogP contribution in [-0.2, 0) is 13.1 Å². The highest BCUT2D eigenvalue weighted by atomic mass is 35.5. The lowest BCUT2D eigenvalue weighted by Gasteiger charge is -2.05. The zero-order chi connectivity index (χ0) is 11.4. The highest BCUT2D eigenvalue weighted by molar-refractivity contribution is 7.09. The van der Waals surface area contributed by atoms with Crippen molar-refractivity contribution in [3.05, 3.63) is 50.9 Å². The molecule has 1 aromatic carbocycles. The van der Waals surface area contributed by atoms with Gasteiger partial charge in [0.2, 0.25) is 0 Å². The molecular formula is C12H13ClN2S. The Morgan fingerprint density at radius 3 is 2.94 bits per heavy atom. The van der Waals surface area contributed by atoms with E-state index in [1.54, 1.807) is 11.3 Å². The molecule has 0 aliphatic heterocycles. The number of benzene rings is 1. The molecule has 0 aliphatic rings. The lowest BCUT2D eigenvalue weighted by atomic mass is 10.1. The first-order chi connectivity index (χ1) is 7.75. The van der Waals surface area contributed by atoms with Gasteiger partial charge in [0, 0.05) is 29.2 Å². The Labute approximate surface area is 104 Å². The fourth-order valence-corrected chi connectivity index (χ4v) is 2.16. The monoisotopic (exact) mass is 252 g/mol. The van der Waals surface area contributed by atoms with Gasteiger partial charge in [-0.1, -0.05) is 23.7 Å². The van der Waals surface area contributed by atoms with Crippen molar-refractivity contribution in [1.82, 2.24) is 10.3 Å². The van der Waals surface area contributed by atoms with Gasteiger partial charge in [0.05, 0.1) is 5.51 Å². The van der Waals surface area contributed by atoms with Gasteiger partial charge >= 0.3 is 0 Å². The number of halogens is 1. The molecule has 2 nitrogen and oxygen atoms in total. The van der Waals surface area contributed by atoms with Crippen molar-refractivity contribution < 1.29 is 0 Å². The minimum atomic E-state index is 0.825. The van der Waals surface area contributed by atoms with Crippen molar-refractivity contribution in [2.24, 2.45) is 0 Å². The molecule has 0 radical (unpaired) electrons. The van der Waals surface area contributed by atoms with E-state index in [9.17, 15) is 0 Å². The fourth-order valence-electron chi connectivity index (χ4n) is 1.48. The number of nitrogens with one attached hydrogen (secondary N) is 1. The van der Waals surface area contributed by atoms with Crippen molar-refractivity contribution in [3.8, 4) is 0 Å². The predicted molar refractivity (Wildman–Crippen MR) is 68.8 cm³/mol. The number of aryl methyl sites for hydroxylation is 1. The van der Waals surface area contributed by atoms with E-state index in [4.69, 9.17) is 11.6 Å². The van der Waals surface area contributed by atoms with Crippen LogP contribution in [0.3, 0.4) is 0 Å². The molecule has 0 aliphatic carbocycles. The second-order valence-corrected chi connectivity index (χ2v) is 5.03. The maximum absolute atomic E-state index is 5.97. The number of nitrogens with zero attached hydrogens (tertiary/aromatic N) is 1. The van der Waals surface area contributed by atoms with Crippen LogP contribution in [0.25, 0.3) is 0 Å². The Morgan fingerprint density at radius 2 is 2.25 bits per heavy atom.